The molecular weight excluding hydrogens is 276 g/mol. The molecule has 0 saturated carbocycles. The van der Waals surface area contributed by atoms with Gasteiger partial charge in [-0.05, 0) is 70.9 Å². The highest BCUT2D eigenvalue weighted by molar-refractivity contribution is 5.67. The molecule has 4 nitrogen and oxygen atoms in total. The van der Waals surface area contributed by atoms with Crippen molar-refractivity contribution in [3.8, 4) is 0 Å². The first-order valence-electron chi connectivity index (χ1n) is 8.99. The first-order valence-corrected chi connectivity index (χ1v) is 8.99. The van der Waals surface area contributed by atoms with Crippen molar-refractivity contribution in [3.63, 3.8) is 0 Å². The highest BCUT2D eigenvalue weighted by atomic mass is 16.6. The van der Waals surface area contributed by atoms with E-state index in [2.05, 4.69) is 24.5 Å². The molecule has 1 heterocycles. The highest BCUT2D eigenvalue weighted by Crippen LogP contribution is 2.28. The lowest BCUT2D eigenvalue weighted by Gasteiger charge is -2.33. The summed E-state index contributed by atoms with van der Waals surface area (Å²) in [5.74, 6) is 2.01. The van der Waals surface area contributed by atoms with Crippen molar-refractivity contribution in [2.75, 3.05) is 19.6 Å². The molecule has 0 aromatic carbocycles. The van der Waals surface area contributed by atoms with Crippen molar-refractivity contribution < 1.29 is 9.53 Å². The maximum atomic E-state index is 11.9. The fourth-order valence-electron chi connectivity index (χ4n) is 3.41. The number of hydrogen-bond acceptors (Lipinski definition) is 3. The number of nitrogens with one attached hydrogen (secondary N) is 2. The van der Waals surface area contributed by atoms with E-state index in [1.54, 1.807) is 0 Å². The summed E-state index contributed by atoms with van der Waals surface area (Å²) >= 11 is 0. The SMILES string of the molecule is CCC[C@@H](C)C[C@@H](CNC(=O)OC(C)(C)C)C1CCNCC1. The Labute approximate surface area is 136 Å². The molecule has 2 N–H and O–H groups in total. The molecule has 0 bridgehead atoms. The van der Waals surface area contributed by atoms with E-state index in [0.717, 1.165) is 31.5 Å². The van der Waals surface area contributed by atoms with Gasteiger partial charge in [0.2, 0.25) is 0 Å². The molecule has 1 aliphatic rings. The van der Waals surface area contributed by atoms with Gasteiger partial charge in [0.05, 0.1) is 0 Å². The second-order valence-corrected chi connectivity index (χ2v) is 7.86. The molecule has 4 heteroatoms. The van der Waals surface area contributed by atoms with Crippen LogP contribution in [-0.4, -0.2) is 31.3 Å². The summed E-state index contributed by atoms with van der Waals surface area (Å²) < 4.78 is 5.37. The van der Waals surface area contributed by atoms with Crippen molar-refractivity contribution in [1.29, 1.82) is 0 Å². The Morgan fingerprint density at radius 2 is 1.95 bits per heavy atom. The fourth-order valence-corrected chi connectivity index (χ4v) is 3.41. The minimum atomic E-state index is -0.427. The largest absolute Gasteiger partial charge is 0.444 e. The molecule has 0 spiro atoms. The molecule has 0 aliphatic carbocycles. The topological polar surface area (TPSA) is 50.4 Å². The first-order chi connectivity index (χ1) is 10.3. The number of rotatable bonds is 7. The fraction of sp³-hybridized carbons (Fsp3) is 0.944. The van der Waals surface area contributed by atoms with Crippen LogP contribution in [0.25, 0.3) is 0 Å². The number of ether oxygens (including phenoxy) is 1. The first kappa shape index (κ1) is 19.3. The Kier molecular flexibility index (Phi) is 8.23. The van der Waals surface area contributed by atoms with Gasteiger partial charge in [0.15, 0.2) is 0 Å². The van der Waals surface area contributed by atoms with Gasteiger partial charge in [0.25, 0.3) is 0 Å². The van der Waals surface area contributed by atoms with Gasteiger partial charge in [-0.15, -0.1) is 0 Å². The van der Waals surface area contributed by atoms with E-state index < -0.39 is 5.60 Å². The van der Waals surface area contributed by atoms with Gasteiger partial charge in [0.1, 0.15) is 5.60 Å². The van der Waals surface area contributed by atoms with Crippen LogP contribution in [0.1, 0.15) is 66.7 Å². The van der Waals surface area contributed by atoms with Crippen LogP contribution in [0.5, 0.6) is 0 Å². The average molecular weight is 312 g/mol. The Bertz CT molecular complexity index is 320. The summed E-state index contributed by atoms with van der Waals surface area (Å²) in [5, 5.41) is 6.43. The number of alkyl carbamates (subject to hydrolysis) is 1. The van der Waals surface area contributed by atoms with Gasteiger partial charge >= 0.3 is 6.09 Å². The van der Waals surface area contributed by atoms with Crippen LogP contribution in [0.4, 0.5) is 4.79 Å². The van der Waals surface area contributed by atoms with Crippen molar-refractivity contribution in [2.24, 2.45) is 17.8 Å². The number of hydrogen-bond donors (Lipinski definition) is 2. The molecule has 1 amide bonds. The lowest BCUT2D eigenvalue weighted by molar-refractivity contribution is 0.0505. The third kappa shape index (κ3) is 8.02. The minimum absolute atomic E-state index is 0.283. The van der Waals surface area contributed by atoms with Gasteiger partial charge in [-0.1, -0.05) is 26.7 Å². The normalized spacial score (nSPS) is 19.5. The van der Waals surface area contributed by atoms with Gasteiger partial charge in [0, 0.05) is 6.54 Å². The average Bonchev–Trinajstić information content (AvgIpc) is 2.43. The second-order valence-electron chi connectivity index (χ2n) is 7.86. The predicted octanol–water partition coefficient (Wildman–Crippen LogP) is 3.95. The molecule has 0 radical (unpaired) electrons. The van der Waals surface area contributed by atoms with E-state index in [0.29, 0.717) is 5.92 Å². The number of piperidine rings is 1. The Balaban J connectivity index is 2.51. The Morgan fingerprint density at radius 3 is 2.50 bits per heavy atom. The molecule has 1 rings (SSSR count). The summed E-state index contributed by atoms with van der Waals surface area (Å²) in [6.45, 7) is 13.2. The Morgan fingerprint density at radius 1 is 1.32 bits per heavy atom. The van der Waals surface area contributed by atoms with Crippen LogP contribution in [0, 0.1) is 17.8 Å². The van der Waals surface area contributed by atoms with E-state index in [9.17, 15) is 4.79 Å². The van der Waals surface area contributed by atoms with E-state index in [-0.39, 0.29) is 6.09 Å². The van der Waals surface area contributed by atoms with E-state index >= 15 is 0 Å². The molecule has 0 unspecified atom stereocenters. The summed E-state index contributed by atoms with van der Waals surface area (Å²) in [4.78, 5) is 11.9. The highest BCUT2D eigenvalue weighted by Gasteiger charge is 2.26. The van der Waals surface area contributed by atoms with E-state index in [4.69, 9.17) is 4.74 Å². The standard InChI is InChI=1S/C18H36N2O2/c1-6-7-14(2)12-16(15-8-10-19-11-9-15)13-20-17(21)22-18(3,4)5/h14-16,19H,6-13H2,1-5H3,(H,20,21)/t14-,16+/m1/s1. The van der Waals surface area contributed by atoms with Gasteiger partial charge < -0.3 is 15.4 Å². The number of carbonyl (C=O) groups is 1. The van der Waals surface area contributed by atoms with Crippen molar-refractivity contribution in [3.05, 3.63) is 0 Å². The van der Waals surface area contributed by atoms with Crippen molar-refractivity contribution in [2.45, 2.75) is 72.3 Å². The molecule has 2 atom stereocenters. The summed E-state index contributed by atoms with van der Waals surface area (Å²) in [5.41, 5.74) is -0.427. The zero-order valence-corrected chi connectivity index (χ0v) is 15.2. The van der Waals surface area contributed by atoms with Gasteiger partial charge in [-0.3, -0.25) is 0 Å². The summed E-state index contributed by atoms with van der Waals surface area (Å²) in [6.07, 6.45) is 5.87. The van der Waals surface area contributed by atoms with Gasteiger partial charge in [-0.25, -0.2) is 4.79 Å². The molecule has 1 fully saturated rings. The summed E-state index contributed by atoms with van der Waals surface area (Å²) in [7, 11) is 0. The molecular formula is C18H36N2O2. The molecule has 22 heavy (non-hydrogen) atoms. The van der Waals surface area contributed by atoms with Crippen LogP contribution in [-0.2, 0) is 4.74 Å². The van der Waals surface area contributed by atoms with Crippen LogP contribution in [0.15, 0.2) is 0 Å². The lowest BCUT2D eigenvalue weighted by Crippen LogP contribution is -2.40. The van der Waals surface area contributed by atoms with Crippen molar-refractivity contribution in [1.82, 2.24) is 10.6 Å². The summed E-state index contributed by atoms with van der Waals surface area (Å²) in [6, 6.07) is 0. The van der Waals surface area contributed by atoms with Crippen LogP contribution >= 0.6 is 0 Å². The zero-order chi connectivity index (χ0) is 16.6. The van der Waals surface area contributed by atoms with Crippen LogP contribution < -0.4 is 10.6 Å². The molecule has 0 aromatic heterocycles. The van der Waals surface area contributed by atoms with Crippen LogP contribution in [0.3, 0.4) is 0 Å². The number of amides is 1. The van der Waals surface area contributed by atoms with E-state index in [1.165, 1.54) is 32.1 Å². The third-order valence-corrected chi connectivity index (χ3v) is 4.44. The van der Waals surface area contributed by atoms with Crippen LogP contribution in [0.2, 0.25) is 0 Å². The third-order valence-electron chi connectivity index (χ3n) is 4.44. The zero-order valence-electron chi connectivity index (χ0n) is 15.2. The molecule has 1 aliphatic heterocycles. The lowest BCUT2D eigenvalue weighted by atomic mass is 9.79. The monoisotopic (exact) mass is 312 g/mol. The number of carbonyl (C=O) groups excluding carboxylic acids is 1. The van der Waals surface area contributed by atoms with E-state index in [1.807, 2.05) is 20.8 Å². The molecule has 130 valence electrons. The van der Waals surface area contributed by atoms with Crippen molar-refractivity contribution >= 4 is 6.09 Å². The molecule has 0 aromatic rings. The second kappa shape index (κ2) is 9.39. The maximum Gasteiger partial charge on any atom is 0.407 e. The van der Waals surface area contributed by atoms with Gasteiger partial charge in [-0.2, -0.15) is 0 Å². The Hall–Kier alpha value is -0.770. The molecule has 1 saturated heterocycles. The minimum Gasteiger partial charge on any atom is -0.444 e. The predicted molar refractivity (Wildman–Crippen MR) is 92.0 cm³/mol. The smallest absolute Gasteiger partial charge is 0.407 e. The maximum absolute atomic E-state index is 11.9. The quantitative estimate of drug-likeness (QED) is 0.748.